The standard InChI is InChI=1S/C13H9Cl2NO3S2/c1-6(12(18)19)16-11(17)10(21-13(16)20)5-7-2-3-8(14)9(15)4-7/h2-6H,1H3,(H,18,19)/b10-5-/t6-/m0/s1. The van der Waals surface area contributed by atoms with Crippen LogP contribution in [0.5, 0.6) is 0 Å². The molecule has 110 valence electrons. The molecule has 1 aromatic rings. The van der Waals surface area contributed by atoms with Crippen molar-refractivity contribution >= 4 is 69.5 Å². The third-order valence-electron chi connectivity index (χ3n) is 2.81. The van der Waals surface area contributed by atoms with Crippen molar-refractivity contribution in [1.29, 1.82) is 0 Å². The van der Waals surface area contributed by atoms with E-state index < -0.39 is 17.9 Å². The molecule has 1 aliphatic heterocycles. The zero-order valence-electron chi connectivity index (χ0n) is 10.7. The van der Waals surface area contributed by atoms with E-state index in [-0.39, 0.29) is 4.32 Å². The smallest absolute Gasteiger partial charge is 0.326 e. The second-order valence-corrected chi connectivity index (χ2v) is 6.73. The lowest BCUT2D eigenvalue weighted by atomic mass is 10.2. The van der Waals surface area contributed by atoms with Crippen LogP contribution in [0.15, 0.2) is 23.1 Å². The van der Waals surface area contributed by atoms with Crippen LogP contribution in [0.25, 0.3) is 6.08 Å². The van der Waals surface area contributed by atoms with Gasteiger partial charge in [-0.05, 0) is 30.7 Å². The summed E-state index contributed by atoms with van der Waals surface area (Å²) < 4.78 is 0.223. The molecule has 0 aromatic heterocycles. The molecule has 21 heavy (non-hydrogen) atoms. The Bertz CT molecular complexity index is 675. The summed E-state index contributed by atoms with van der Waals surface area (Å²) >= 11 is 17.9. The first-order chi connectivity index (χ1) is 9.81. The molecule has 1 aliphatic rings. The summed E-state index contributed by atoms with van der Waals surface area (Å²) in [5.74, 6) is -1.53. The summed E-state index contributed by atoms with van der Waals surface area (Å²) in [7, 11) is 0. The van der Waals surface area contributed by atoms with Crippen LogP contribution in [-0.2, 0) is 9.59 Å². The number of rotatable bonds is 3. The number of nitrogens with zero attached hydrogens (tertiary/aromatic N) is 1. The van der Waals surface area contributed by atoms with E-state index in [1.54, 1.807) is 24.3 Å². The van der Waals surface area contributed by atoms with E-state index in [1.807, 2.05) is 0 Å². The first-order valence-electron chi connectivity index (χ1n) is 5.76. The second kappa shape index (κ2) is 6.36. The van der Waals surface area contributed by atoms with Gasteiger partial charge in [0.25, 0.3) is 5.91 Å². The average molecular weight is 362 g/mol. The first-order valence-corrected chi connectivity index (χ1v) is 7.74. The highest BCUT2D eigenvalue weighted by Crippen LogP contribution is 2.34. The number of carbonyl (C=O) groups excluding carboxylic acids is 1. The molecule has 2 rings (SSSR count). The predicted octanol–water partition coefficient (Wildman–Crippen LogP) is 3.67. The SMILES string of the molecule is C[C@@H](C(=O)O)N1C(=O)/C(=C/c2ccc(Cl)c(Cl)c2)SC1=S. The molecule has 0 bridgehead atoms. The monoisotopic (exact) mass is 361 g/mol. The largest absolute Gasteiger partial charge is 0.480 e. The third-order valence-corrected chi connectivity index (χ3v) is 4.88. The number of carbonyl (C=O) groups is 2. The summed E-state index contributed by atoms with van der Waals surface area (Å²) in [5.41, 5.74) is 0.688. The lowest BCUT2D eigenvalue weighted by molar-refractivity contribution is -0.144. The topological polar surface area (TPSA) is 57.6 Å². The van der Waals surface area contributed by atoms with Crippen LogP contribution in [0.3, 0.4) is 0 Å². The fourth-order valence-electron chi connectivity index (χ4n) is 1.68. The van der Waals surface area contributed by atoms with E-state index in [1.165, 1.54) is 6.92 Å². The van der Waals surface area contributed by atoms with Gasteiger partial charge in [-0.2, -0.15) is 0 Å². The number of halogens is 2. The van der Waals surface area contributed by atoms with Gasteiger partial charge in [0.05, 0.1) is 15.0 Å². The van der Waals surface area contributed by atoms with Crippen LogP contribution in [0.2, 0.25) is 10.0 Å². The van der Waals surface area contributed by atoms with Crippen LogP contribution in [-0.4, -0.2) is 32.2 Å². The van der Waals surface area contributed by atoms with E-state index in [9.17, 15) is 9.59 Å². The number of carboxylic acids is 1. The summed E-state index contributed by atoms with van der Waals surface area (Å²) in [6.45, 7) is 1.41. The number of amides is 1. The van der Waals surface area contributed by atoms with Crippen molar-refractivity contribution in [2.45, 2.75) is 13.0 Å². The zero-order valence-corrected chi connectivity index (χ0v) is 13.8. The Morgan fingerprint density at radius 3 is 2.67 bits per heavy atom. The van der Waals surface area contributed by atoms with Crippen molar-refractivity contribution in [3.05, 3.63) is 38.7 Å². The maximum atomic E-state index is 12.2. The minimum Gasteiger partial charge on any atom is -0.480 e. The van der Waals surface area contributed by atoms with E-state index >= 15 is 0 Å². The van der Waals surface area contributed by atoms with Crippen LogP contribution < -0.4 is 0 Å². The molecule has 0 radical (unpaired) electrons. The van der Waals surface area contributed by atoms with Crippen molar-refractivity contribution < 1.29 is 14.7 Å². The van der Waals surface area contributed by atoms with Crippen molar-refractivity contribution in [3.8, 4) is 0 Å². The number of hydrogen-bond donors (Lipinski definition) is 1. The Morgan fingerprint density at radius 2 is 2.10 bits per heavy atom. The second-order valence-electron chi connectivity index (χ2n) is 4.24. The van der Waals surface area contributed by atoms with Gasteiger partial charge < -0.3 is 5.11 Å². The van der Waals surface area contributed by atoms with Gasteiger partial charge >= 0.3 is 5.97 Å². The molecule has 0 aliphatic carbocycles. The summed E-state index contributed by atoms with van der Waals surface area (Å²) in [4.78, 5) is 24.7. The number of benzene rings is 1. The maximum Gasteiger partial charge on any atom is 0.326 e. The molecule has 1 fully saturated rings. The quantitative estimate of drug-likeness (QED) is 0.657. The van der Waals surface area contributed by atoms with Gasteiger partial charge in [0.15, 0.2) is 0 Å². The Kier molecular flexibility index (Phi) is 4.93. The lowest BCUT2D eigenvalue weighted by Gasteiger charge is -2.18. The van der Waals surface area contributed by atoms with Gasteiger partial charge in [-0.3, -0.25) is 9.69 Å². The molecule has 0 saturated carbocycles. The van der Waals surface area contributed by atoms with Gasteiger partial charge in [0.1, 0.15) is 10.4 Å². The van der Waals surface area contributed by atoms with Crippen molar-refractivity contribution in [3.63, 3.8) is 0 Å². The van der Waals surface area contributed by atoms with Crippen molar-refractivity contribution in [1.82, 2.24) is 4.90 Å². The fraction of sp³-hybridized carbons (Fsp3) is 0.154. The van der Waals surface area contributed by atoms with E-state index in [0.29, 0.717) is 20.5 Å². The van der Waals surface area contributed by atoms with Crippen LogP contribution in [0.4, 0.5) is 0 Å². The minimum absolute atomic E-state index is 0.223. The Morgan fingerprint density at radius 1 is 1.43 bits per heavy atom. The molecule has 8 heteroatoms. The molecule has 0 spiro atoms. The fourth-order valence-corrected chi connectivity index (χ4v) is 3.40. The predicted molar refractivity (Wildman–Crippen MR) is 88.6 cm³/mol. The van der Waals surface area contributed by atoms with Gasteiger partial charge in [-0.15, -0.1) is 0 Å². The Labute approximate surface area is 140 Å². The van der Waals surface area contributed by atoms with E-state index in [2.05, 4.69) is 0 Å². The minimum atomic E-state index is -1.11. The summed E-state index contributed by atoms with van der Waals surface area (Å²) in [6.07, 6.45) is 1.61. The summed E-state index contributed by atoms with van der Waals surface area (Å²) in [5, 5.41) is 9.80. The molecular formula is C13H9Cl2NO3S2. The van der Waals surface area contributed by atoms with Crippen molar-refractivity contribution in [2.75, 3.05) is 0 Å². The van der Waals surface area contributed by atoms with Crippen molar-refractivity contribution in [2.24, 2.45) is 0 Å². The molecule has 1 amide bonds. The number of thioether (sulfide) groups is 1. The Hall–Kier alpha value is -1.08. The van der Waals surface area contributed by atoms with Gasteiger partial charge in [-0.1, -0.05) is 53.2 Å². The normalized spacial score (nSPS) is 18.4. The van der Waals surface area contributed by atoms with E-state index in [0.717, 1.165) is 16.7 Å². The Balaban J connectivity index is 2.32. The van der Waals surface area contributed by atoms with Crippen LogP contribution >= 0.6 is 47.2 Å². The van der Waals surface area contributed by atoms with Gasteiger partial charge in [-0.25, -0.2) is 4.79 Å². The highest BCUT2D eigenvalue weighted by molar-refractivity contribution is 8.26. The van der Waals surface area contributed by atoms with Gasteiger partial charge in [0, 0.05) is 0 Å². The molecular weight excluding hydrogens is 353 g/mol. The molecule has 1 saturated heterocycles. The van der Waals surface area contributed by atoms with Gasteiger partial charge in [0.2, 0.25) is 0 Å². The van der Waals surface area contributed by atoms with Crippen LogP contribution in [0.1, 0.15) is 12.5 Å². The number of hydrogen-bond acceptors (Lipinski definition) is 4. The van der Waals surface area contributed by atoms with Crippen LogP contribution in [0, 0.1) is 0 Å². The molecule has 1 aromatic carbocycles. The van der Waals surface area contributed by atoms with E-state index in [4.69, 9.17) is 40.5 Å². The molecule has 1 atom stereocenters. The maximum absolute atomic E-state index is 12.2. The molecule has 1 N–H and O–H groups in total. The number of aliphatic carboxylic acids is 1. The number of carboxylic acid groups (broad SMARTS) is 1. The average Bonchev–Trinajstić information content (AvgIpc) is 2.68. The number of thiocarbonyl (C=S) groups is 1. The first kappa shape index (κ1) is 16.3. The summed E-state index contributed by atoms with van der Waals surface area (Å²) in [6, 6.07) is 3.95. The highest BCUT2D eigenvalue weighted by Gasteiger charge is 2.38. The zero-order chi connectivity index (χ0) is 15.7. The lowest BCUT2D eigenvalue weighted by Crippen LogP contribution is -2.41. The molecule has 0 unspecified atom stereocenters. The third kappa shape index (κ3) is 3.40. The molecule has 4 nitrogen and oxygen atoms in total. The highest BCUT2D eigenvalue weighted by atomic mass is 35.5. The molecule has 1 heterocycles.